The van der Waals surface area contributed by atoms with Gasteiger partial charge < -0.3 is 15.6 Å². The van der Waals surface area contributed by atoms with Gasteiger partial charge >= 0.3 is 0 Å². The molecule has 4 nitrogen and oxygen atoms in total. The fraction of sp³-hybridized carbons (Fsp3) is 0.531. The molecule has 37 heavy (non-hydrogen) atoms. The molecule has 200 valence electrons. The number of hydrogen-bond acceptors (Lipinski definition) is 2. The molecule has 0 aliphatic heterocycles. The highest BCUT2D eigenvalue weighted by Crippen LogP contribution is 2.36. The van der Waals surface area contributed by atoms with Crippen molar-refractivity contribution in [3.8, 4) is 0 Å². The van der Waals surface area contributed by atoms with Crippen molar-refractivity contribution in [3.63, 3.8) is 0 Å². The molecule has 3 N–H and O–H groups in total. The molecular formula is C32H44ClN3O. The van der Waals surface area contributed by atoms with Crippen LogP contribution in [0.1, 0.15) is 86.8 Å². The molecule has 2 aliphatic rings. The number of para-hydroxylation sites is 1. The van der Waals surface area contributed by atoms with Gasteiger partial charge in [0.05, 0.1) is 0 Å². The molecule has 0 radical (unpaired) electrons. The number of nitrogens with one attached hydrogen (secondary N) is 1. The van der Waals surface area contributed by atoms with Gasteiger partial charge in [0.1, 0.15) is 0 Å². The smallest absolute Gasteiger partial charge is 0.221 e. The van der Waals surface area contributed by atoms with Crippen LogP contribution < -0.4 is 11.1 Å². The highest BCUT2D eigenvalue weighted by atomic mass is 35.5. The Morgan fingerprint density at radius 1 is 0.973 bits per heavy atom. The lowest BCUT2D eigenvalue weighted by Crippen LogP contribution is -2.39. The van der Waals surface area contributed by atoms with Crippen LogP contribution in [-0.2, 0) is 11.3 Å². The third-order valence-electron chi connectivity index (χ3n) is 8.75. The first-order chi connectivity index (χ1) is 17.6. The van der Waals surface area contributed by atoms with Crippen LogP contribution in [0.15, 0.2) is 54.7 Å². The van der Waals surface area contributed by atoms with Crippen molar-refractivity contribution in [2.45, 2.75) is 89.6 Å². The first kappa shape index (κ1) is 27.7. The Morgan fingerprint density at radius 2 is 1.73 bits per heavy atom. The van der Waals surface area contributed by atoms with Crippen LogP contribution >= 0.6 is 12.4 Å². The van der Waals surface area contributed by atoms with E-state index in [1.165, 1.54) is 59.7 Å². The molecule has 2 saturated carbocycles. The van der Waals surface area contributed by atoms with E-state index >= 15 is 0 Å². The Kier molecular flexibility index (Phi) is 9.72. The number of nitrogens with zero attached hydrogens (tertiary/aromatic N) is 1. The standard InChI is InChI=1S/C32H43N3O.ClH/c1-23-8-7-11-26(18-23)29(19-32(36)34-27-16-14-24(20-33)15-17-27)30-22-35(21-25-9-3-2-4-10-25)31-13-6-5-12-28(30)31;/h5-8,11-13,18,22,24-25,27,29H,2-4,9-10,14-17,19-21,33H2,1H3,(H,34,36);1H. The van der Waals surface area contributed by atoms with Gasteiger partial charge in [-0.1, -0.05) is 67.3 Å². The number of nitrogens with two attached hydrogens (primary N) is 1. The molecule has 1 amide bonds. The van der Waals surface area contributed by atoms with E-state index in [9.17, 15) is 4.79 Å². The van der Waals surface area contributed by atoms with Gasteiger partial charge in [-0.05, 0) is 81.0 Å². The largest absolute Gasteiger partial charge is 0.353 e. The van der Waals surface area contributed by atoms with E-state index in [1.807, 2.05) is 0 Å². The first-order valence-corrected chi connectivity index (χ1v) is 14.2. The van der Waals surface area contributed by atoms with Gasteiger partial charge in [0.25, 0.3) is 0 Å². The first-order valence-electron chi connectivity index (χ1n) is 14.2. The minimum absolute atomic E-state index is 0. The molecule has 5 rings (SSSR count). The predicted octanol–water partition coefficient (Wildman–Crippen LogP) is 7.11. The van der Waals surface area contributed by atoms with Crippen molar-refractivity contribution in [3.05, 3.63) is 71.4 Å². The van der Waals surface area contributed by atoms with Crippen LogP contribution in [0.4, 0.5) is 0 Å². The minimum atomic E-state index is 0. The molecule has 0 bridgehead atoms. The summed E-state index contributed by atoms with van der Waals surface area (Å²) in [5.41, 5.74) is 10.9. The number of aryl methyl sites for hydroxylation is 1. The number of aromatic nitrogens is 1. The van der Waals surface area contributed by atoms with E-state index in [2.05, 4.69) is 71.5 Å². The molecular weight excluding hydrogens is 478 g/mol. The third-order valence-corrected chi connectivity index (χ3v) is 8.75. The quantitative estimate of drug-likeness (QED) is 0.332. The molecule has 0 spiro atoms. The second-order valence-electron chi connectivity index (χ2n) is 11.4. The van der Waals surface area contributed by atoms with Gasteiger partial charge in [0.2, 0.25) is 5.91 Å². The molecule has 1 unspecified atom stereocenters. The van der Waals surface area contributed by atoms with Gasteiger partial charge in [0.15, 0.2) is 0 Å². The number of rotatable bonds is 8. The molecule has 2 aliphatic carbocycles. The second kappa shape index (κ2) is 13.0. The van der Waals surface area contributed by atoms with Gasteiger partial charge in [-0.25, -0.2) is 0 Å². The lowest BCUT2D eigenvalue weighted by molar-refractivity contribution is -0.122. The molecule has 5 heteroatoms. The van der Waals surface area contributed by atoms with Crippen molar-refractivity contribution < 1.29 is 4.79 Å². The molecule has 2 fully saturated rings. The lowest BCUT2D eigenvalue weighted by atomic mass is 9.85. The van der Waals surface area contributed by atoms with Crippen molar-refractivity contribution in [2.24, 2.45) is 17.6 Å². The number of halogens is 1. The van der Waals surface area contributed by atoms with Gasteiger partial charge in [0, 0.05) is 42.0 Å². The maximum Gasteiger partial charge on any atom is 0.221 e. The molecule has 0 saturated heterocycles. The summed E-state index contributed by atoms with van der Waals surface area (Å²) < 4.78 is 2.48. The van der Waals surface area contributed by atoms with Crippen molar-refractivity contribution >= 4 is 29.2 Å². The Hall–Kier alpha value is -2.30. The Labute approximate surface area is 228 Å². The van der Waals surface area contributed by atoms with Crippen LogP contribution in [0.5, 0.6) is 0 Å². The molecule has 1 heterocycles. The van der Waals surface area contributed by atoms with E-state index in [4.69, 9.17) is 5.73 Å². The van der Waals surface area contributed by atoms with Crippen molar-refractivity contribution in [1.29, 1.82) is 0 Å². The summed E-state index contributed by atoms with van der Waals surface area (Å²) in [6, 6.07) is 17.8. The van der Waals surface area contributed by atoms with Crippen molar-refractivity contribution in [2.75, 3.05) is 6.54 Å². The Bertz CT molecular complexity index is 1160. The average molecular weight is 522 g/mol. The SMILES string of the molecule is Cc1cccc(C(CC(=O)NC2CCC(CN)CC2)c2cn(CC3CCCCC3)c3ccccc23)c1.Cl. The van der Waals surface area contributed by atoms with E-state index in [1.54, 1.807) is 0 Å². The molecule has 2 aromatic carbocycles. The summed E-state index contributed by atoms with van der Waals surface area (Å²) in [4.78, 5) is 13.4. The van der Waals surface area contributed by atoms with E-state index < -0.39 is 0 Å². The second-order valence-corrected chi connectivity index (χ2v) is 11.4. The Morgan fingerprint density at radius 3 is 2.46 bits per heavy atom. The topological polar surface area (TPSA) is 60.1 Å². The molecule has 3 aromatic rings. The number of amides is 1. The van der Waals surface area contributed by atoms with Gasteiger partial charge in [-0.15, -0.1) is 12.4 Å². The van der Waals surface area contributed by atoms with E-state index in [0.717, 1.165) is 44.7 Å². The normalized spacial score (nSPS) is 21.4. The van der Waals surface area contributed by atoms with Crippen LogP contribution in [0.2, 0.25) is 0 Å². The summed E-state index contributed by atoms with van der Waals surface area (Å²) in [7, 11) is 0. The predicted molar refractivity (Wildman–Crippen MR) is 156 cm³/mol. The number of benzene rings is 2. The fourth-order valence-electron chi connectivity index (χ4n) is 6.66. The highest BCUT2D eigenvalue weighted by molar-refractivity contribution is 5.87. The van der Waals surface area contributed by atoms with Crippen LogP contribution in [0, 0.1) is 18.8 Å². The lowest BCUT2D eigenvalue weighted by Gasteiger charge is -2.29. The zero-order valence-electron chi connectivity index (χ0n) is 22.3. The Balaban J connectivity index is 0.00000320. The maximum absolute atomic E-state index is 13.4. The summed E-state index contributed by atoms with van der Waals surface area (Å²) in [6.45, 7) is 3.99. The van der Waals surface area contributed by atoms with Crippen LogP contribution in [0.3, 0.4) is 0 Å². The van der Waals surface area contributed by atoms with Crippen LogP contribution in [-0.4, -0.2) is 23.1 Å². The van der Waals surface area contributed by atoms with E-state index in [0.29, 0.717) is 12.3 Å². The maximum atomic E-state index is 13.4. The van der Waals surface area contributed by atoms with Crippen molar-refractivity contribution in [1.82, 2.24) is 9.88 Å². The zero-order chi connectivity index (χ0) is 24.9. The highest BCUT2D eigenvalue weighted by Gasteiger charge is 2.26. The average Bonchev–Trinajstić information content (AvgIpc) is 3.26. The van der Waals surface area contributed by atoms with Gasteiger partial charge in [-0.2, -0.15) is 0 Å². The number of carbonyl (C=O) groups excluding carboxylic acids is 1. The number of hydrogen-bond donors (Lipinski definition) is 2. The fourth-order valence-corrected chi connectivity index (χ4v) is 6.66. The summed E-state index contributed by atoms with van der Waals surface area (Å²) in [6.07, 6.45) is 13.9. The monoisotopic (exact) mass is 521 g/mol. The van der Waals surface area contributed by atoms with Gasteiger partial charge in [-0.3, -0.25) is 4.79 Å². The number of carbonyl (C=O) groups is 1. The molecule has 1 aromatic heterocycles. The van der Waals surface area contributed by atoms with Crippen LogP contribution in [0.25, 0.3) is 10.9 Å². The summed E-state index contributed by atoms with van der Waals surface area (Å²) >= 11 is 0. The summed E-state index contributed by atoms with van der Waals surface area (Å²) in [5, 5.41) is 4.67. The minimum Gasteiger partial charge on any atom is -0.353 e. The van der Waals surface area contributed by atoms with E-state index in [-0.39, 0.29) is 30.3 Å². The summed E-state index contributed by atoms with van der Waals surface area (Å²) in [5.74, 6) is 1.59. The number of fused-ring (bicyclic) bond motifs is 1. The zero-order valence-corrected chi connectivity index (χ0v) is 23.1. The third kappa shape index (κ3) is 6.78. The molecule has 1 atom stereocenters.